The molecule has 4 amide bonds. The van der Waals surface area contributed by atoms with Gasteiger partial charge in [0.1, 0.15) is 17.1 Å². The van der Waals surface area contributed by atoms with Crippen molar-refractivity contribution in [3.05, 3.63) is 53.3 Å². The van der Waals surface area contributed by atoms with Crippen molar-refractivity contribution in [1.82, 2.24) is 10.2 Å². The highest BCUT2D eigenvalue weighted by atomic mass is 16.3. The number of ketones is 1. The minimum Gasteiger partial charge on any atom is -0.457 e. The maximum Gasteiger partial charge on any atom is 0.331 e. The van der Waals surface area contributed by atoms with Gasteiger partial charge < -0.3 is 4.42 Å². The lowest BCUT2D eigenvalue weighted by molar-refractivity contribution is -0.132. The van der Waals surface area contributed by atoms with Crippen LogP contribution in [0.15, 0.2) is 46.4 Å². The Bertz CT molecular complexity index is 1040. The fourth-order valence-electron chi connectivity index (χ4n) is 3.94. The van der Waals surface area contributed by atoms with Crippen molar-refractivity contribution < 1.29 is 23.6 Å². The van der Waals surface area contributed by atoms with E-state index in [0.717, 1.165) is 37.7 Å². The third kappa shape index (κ3) is 3.83. The second kappa shape index (κ2) is 8.10. The average molecular weight is 406 g/mol. The highest BCUT2D eigenvalue weighted by Crippen LogP contribution is 2.28. The molecule has 1 aliphatic heterocycles. The van der Waals surface area contributed by atoms with E-state index in [9.17, 15) is 19.2 Å². The highest BCUT2D eigenvalue weighted by Gasteiger charge is 2.40. The summed E-state index contributed by atoms with van der Waals surface area (Å²) in [7, 11) is 0. The Morgan fingerprint density at radius 2 is 1.73 bits per heavy atom. The van der Waals surface area contributed by atoms with Crippen LogP contribution in [-0.2, 0) is 9.59 Å². The van der Waals surface area contributed by atoms with Crippen molar-refractivity contribution in [3.63, 3.8) is 0 Å². The summed E-state index contributed by atoms with van der Waals surface area (Å²) in [6.45, 7) is 1.50. The maximum atomic E-state index is 12.9. The first kappa shape index (κ1) is 19.8. The van der Waals surface area contributed by atoms with Crippen LogP contribution in [0.5, 0.6) is 0 Å². The van der Waals surface area contributed by atoms with E-state index in [-0.39, 0.29) is 17.4 Å². The van der Waals surface area contributed by atoms with Crippen LogP contribution in [0.4, 0.5) is 4.79 Å². The Balaban J connectivity index is 1.59. The molecule has 1 aromatic heterocycles. The minimum absolute atomic E-state index is 0.0229. The van der Waals surface area contributed by atoms with Crippen LogP contribution in [0.3, 0.4) is 0 Å². The summed E-state index contributed by atoms with van der Waals surface area (Å²) in [5, 5.41) is 2.27. The number of furan rings is 1. The van der Waals surface area contributed by atoms with Gasteiger partial charge in [-0.25, -0.2) is 4.79 Å². The molecule has 0 radical (unpaired) electrons. The molecule has 4 rings (SSSR count). The van der Waals surface area contributed by atoms with Crippen LogP contribution in [0, 0.1) is 0 Å². The van der Waals surface area contributed by atoms with E-state index in [2.05, 4.69) is 5.32 Å². The number of hydrogen-bond donors (Lipinski definition) is 1. The molecule has 0 bridgehead atoms. The first-order valence-electron chi connectivity index (χ1n) is 10.1. The van der Waals surface area contributed by atoms with E-state index in [1.165, 1.54) is 17.9 Å². The van der Waals surface area contributed by atoms with Gasteiger partial charge in [0.05, 0.1) is 0 Å². The lowest BCUT2D eigenvalue weighted by Crippen LogP contribution is -2.58. The molecule has 30 heavy (non-hydrogen) atoms. The van der Waals surface area contributed by atoms with Crippen molar-refractivity contribution in [1.29, 1.82) is 0 Å². The third-order valence-electron chi connectivity index (χ3n) is 5.56. The monoisotopic (exact) mass is 406 g/mol. The molecule has 1 aliphatic carbocycles. The molecule has 2 heterocycles. The molecular formula is C23H22N2O5. The number of urea groups is 1. The number of nitrogens with zero attached hydrogens (tertiary/aromatic N) is 1. The van der Waals surface area contributed by atoms with Gasteiger partial charge in [-0.3, -0.25) is 24.6 Å². The number of barbiturate groups is 1. The fraction of sp³-hybridized carbons (Fsp3) is 0.304. The minimum atomic E-state index is -0.721. The van der Waals surface area contributed by atoms with Gasteiger partial charge in [-0.2, -0.15) is 0 Å². The number of hydrogen-bond acceptors (Lipinski definition) is 5. The van der Waals surface area contributed by atoms with Crippen molar-refractivity contribution in [3.8, 4) is 11.3 Å². The first-order valence-corrected chi connectivity index (χ1v) is 10.1. The summed E-state index contributed by atoms with van der Waals surface area (Å²) >= 11 is 0. The van der Waals surface area contributed by atoms with E-state index in [0.29, 0.717) is 17.1 Å². The number of benzene rings is 1. The normalized spacial score (nSPS) is 19.3. The molecule has 2 aromatic rings. The largest absolute Gasteiger partial charge is 0.457 e. The first-order chi connectivity index (χ1) is 14.4. The van der Waals surface area contributed by atoms with E-state index in [1.54, 1.807) is 36.4 Å². The summed E-state index contributed by atoms with van der Waals surface area (Å²) in [5.41, 5.74) is 1.25. The van der Waals surface area contributed by atoms with Gasteiger partial charge in [-0.05, 0) is 38.0 Å². The Hall–Kier alpha value is -3.48. The molecule has 1 saturated carbocycles. The van der Waals surface area contributed by atoms with E-state index < -0.39 is 17.8 Å². The van der Waals surface area contributed by atoms with Gasteiger partial charge >= 0.3 is 6.03 Å². The molecule has 7 nitrogen and oxygen atoms in total. The van der Waals surface area contributed by atoms with Crippen LogP contribution in [0.1, 0.15) is 55.1 Å². The van der Waals surface area contributed by atoms with E-state index in [1.807, 2.05) is 0 Å². The number of Topliss-reactive ketones (excluding diaryl/α,β-unsaturated/α-hetero) is 1. The van der Waals surface area contributed by atoms with Gasteiger partial charge in [0.15, 0.2) is 5.78 Å². The molecule has 1 N–H and O–H groups in total. The topological polar surface area (TPSA) is 96.7 Å². The van der Waals surface area contributed by atoms with Crippen LogP contribution in [0.25, 0.3) is 17.4 Å². The zero-order valence-electron chi connectivity index (χ0n) is 16.6. The number of rotatable bonds is 4. The molecule has 7 heteroatoms. The fourth-order valence-corrected chi connectivity index (χ4v) is 3.94. The molecular weight excluding hydrogens is 384 g/mol. The number of nitrogens with one attached hydrogen (secondary N) is 1. The summed E-state index contributed by atoms with van der Waals surface area (Å²) < 4.78 is 5.78. The summed E-state index contributed by atoms with van der Waals surface area (Å²) in [5.74, 6) is -0.455. The summed E-state index contributed by atoms with van der Waals surface area (Å²) in [6.07, 6.45) is 5.87. The SMILES string of the molecule is CC(=O)c1ccc(-c2ccc(C=C3C(=O)NC(=O)N(C4CCCCC4)C3=O)o2)cc1. The number of amides is 4. The molecule has 2 fully saturated rings. The Labute approximate surface area is 173 Å². The van der Waals surface area contributed by atoms with Gasteiger partial charge in [0, 0.05) is 17.2 Å². The van der Waals surface area contributed by atoms with E-state index in [4.69, 9.17) is 4.42 Å². The van der Waals surface area contributed by atoms with Crippen molar-refractivity contribution in [2.24, 2.45) is 0 Å². The zero-order valence-corrected chi connectivity index (χ0v) is 16.6. The van der Waals surface area contributed by atoms with Crippen LogP contribution >= 0.6 is 0 Å². The summed E-state index contributed by atoms with van der Waals surface area (Å²) in [6, 6.07) is 9.51. The molecule has 1 aromatic carbocycles. The molecule has 2 aliphatic rings. The predicted octanol–water partition coefficient (Wildman–Crippen LogP) is 3.94. The molecule has 0 unspecified atom stereocenters. The van der Waals surface area contributed by atoms with Crippen LogP contribution in [0.2, 0.25) is 0 Å². The molecule has 1 saturated heterocycles. The smallest absolute Gasteiger partial charge is 0.331 e. The molecule has 0 atom stereocenters. The second-order valence-corrected chi connectivity index (χ2v) is 7.62. The number of carbonyl (C=O) groups is 4. The van der Waals surface area contributed by atoms with Gasteiger partial charge in [0.2, 0.25) is 0 Å². The van der Waals surface area contributed by atoms with Gasteiger partial charge in [-0.15, -0.1) is 0 Å². The Morgan fingerprint density at radius 3 is 2.40 bits per heavy atom. The highest BCUT2D eigenvalue weighted by molar-refractivity contribution is 6.31. The standard InChI is InChI=1S/C23H22N2O5/c1-14(26)15-7-9-16(10-8-15)20-12-11-18(30-20)13-19-21(27)24-23(29)25(22(19)28)17-5-3-2-4-6-17/h7-13,17H,2-6H2,1H3,(H,24,27,29). The summed E-state index contributed by atoms with van der Waals surface area (Å²) in [4.78, 5) is 50.1. The van der Waals surface area contributed by atoms with Crippen molar-refractivity contribution >= 4 is 29.7 Å². The Morgan fingerprint density at radius 1 is 1.03 bits per heavy atom. The van der Waals surface area contributed by atoms with Crippen LogP contribution in [-0.4, -0.2) is 34.6 Å². The van der Waals surface area contributed by atoms with Crippen molar-refractivity contribution in [2.45, 2.75) is 45.1 Å². The second-order valence-electron chi connectivity index (χ2n) is 7.62. The van der Waals surface area contributed by atoms with Gasteiger partial charge in [0.25, 0.3) is 11.8 Å². The van der Waals surface area contributed by atoms with E-state index >= 15 is 0 Å². The molecule has 0 spiro atoms. The molecule has 154 valence electrons. The predicted molar refractivity (Wildman–Crippen MR) is 109 cm³/mol. The number of imide groups is 2. The van der Waals surface area contributed by atoms with Crippen LogP contribution < -0.4 is 5.32 Å². The maximum absolute atomic E-state index is 12.9. The number of carbonyl (C=O) groups excluding carboxylic acids is 4. The Kier molecular flexibility index (Phi) is 5.35. The lowest BCUT2D eigenvalue weighted by atomic mass is 9.93. The zero-order chi connectivity index (χ0) is 21.3. The lowest BCUT2D eigenvalue weighted by Gasteiger charge is -2.35. The quantitative estimate of drug-likeness (QED) is 0.471. The average Bonchev–Trinajstić information content (AvgIpc) is 3.20. The third-order valence-corrected chi connectivity index (χ3v) is 5.56. The van der Waals surface area contributed by atoms with Gasteiger partial charge in [-0.1, -0.05) is 43.5 Å². The van der Waals surface area contributed by atoms with Crippen molar-refractivity contribution in [2.75, 3.05) is 0 Å².